The first-order valence-corrected chi connectivity index (χ1v) is 6.56. The van der Waals surface area contributed by atoms with Crippen molar-refractivity contribution in [1.29, 1.82) is 0 Å². The van der Waals surface area contributed by atoms with E-state index in [0.717, 1.165) is 0 Å². The molecule has 1 aromatic carbocycles. The summed E-state index contributed by atoms with van der Waals surface area (Å²) >= 11 is 0. The molecule has 1 aliphatic rings. The maximum absolute atomic E-state index is 11.8. The van der Waals surface area contributed by atoms with Crippen molar-refractivity contribution in [3.05, 3.63) is 35.9 Å². The lowest BCUT2D eigenvalue weighted by atomic mass is 10.0. The molecular formula is C15H20O5. The van der Waals surface area contributed by atoms with Gasteiger partial charge in [-0.25, -0.2) is 4.79 Å². The minimum Gasteiger partial charge on any atom is -0.459 e. The van der Waals surface area contributed by atoms with Gasteiger partial charge in [-0.3, -0.25) is 0 Å². The summed E-state index contributed by atoms with van der Waals surface area (Å²) in [6, 6.07) is 8.65. The third-order valence-corrected chi connectivity index (χ3v) is 3.21. The van der Waals surface area contributed by atoms with Crippen LogP contribution in [0.15, 0.2) is 30.3 Å². The summed E-state index contributed by atoms with van der Waals surface area (Å²) in [6.45, 7) is 5.24. The van der Waals surface area contributed by atoms with Gasteiger partial charge in [-0.15, -0.1) is 0 Å². The van der Waals surface area contributed by atoms with Crippen molar-refractivity contribution in [2.45, 2.75) is 38.3 Å². The van der Waals surface area contributed by atoms with Crippen LogP contribution in [0.2, 0.25) is 0 Å². The zero-order valence-electron chi connectivity index (χ0n) is 12.0. The van der Waals surface area contributed by atoms with Gasteiger partial charge in [0, 0.05) is 0 Å². The molecule has 1 aromatic rings. The summed E-state index contributed by atoms with van der Waals surface area (Å²) in [7, 11) is 0. The molecule has 1 heterocycles. The molecule has 20 heavy (non-hydrogen) atoms. The minimum atomic E-state index is -1.29. The summed E-state index contributed by atoms with van der Waals surface area (Å²) in [5.41, 5.74) is -0.842. The standard InChI is InChI=1S/C15H20O5/c1-14(2)19-9-12(20-14)15(3,17)10-18-13(16)11-7-5-4-6-8-11/h4-8,12,17H,9-10H2,1-3H3/t12-,15-/m0/s1. The number of esters is 1. The molecule has 1 aliphatic heterocycles. The lowest BCUT2D eigenvalue weighted by molar-refractivity contribution is -0.173. The third-order valence-electron chi connectivity index (χ3n) is 3.21. The Kier molecular flexibility index (Phi) is 4.13. The summed E-state index contributed by atoms with van der Waals surface area (Å²) in [5, 5.41) is 10.4. The summed E-state index contributed by atoms with van der Waals surface area (Å²) in [5.74, 6) is -1.19. The third kappa shape index (κ3) is 3.56. The Labute approximate surface area is 118 Å². The highest BCUT2D eigenvalue weighted by atomic mass is 16.7. The molecule has 0 amide bonds. The van der Waals surface area contributed by atoms with Crippen LogP contribution in [0, 0.1) is 0 Å². The predicted octanol–water partition coefficient (Wildman–Crippen LogP) is 1.75. The summed E-state index contributed by atoms with van der Waals surface area (Å²) < 4.78 is 16.1. The molecule has 1 saturated heterocycles. The molecule has 2 rings (SSSR count). The van der Waals surface area contributed by atoms with Gasteiger partial charge in [-0.05, 0) is 32.9 Å². The van der Waals surface area contributed by atoms with E-state index in [1.807, 2.05) is 6.07 Å². The quantitative estimate of drug-likeness (QED) is 0.851. The molecule has 5 nitrogen and oxygen atoms in total. The largest absolute Gasteiger partial charge is 0.459 e. The zero-order valence-corrected chi connectivity index (χ0v) is 12.0. The van der Waals surface area contributed by atoms with Crippen LogP contribution in [0.3, 0.4) is 0 Å². The molecule has 1 N–H and O–H groups in total. The Hall–Kier alpha value is -1.43. The first-order chi connectivity index (χ1) is 9.30. The molecule has 0 aliphatic carbocycles. The fourth-order valence-corrected chi connectivity index (χ4v) is 1.96. The smallest absolute Gasteiger partial charge is 0.338 e. The molecule has 0 saturated carbocycles. The molecule has 0 unspecified atom stereocenters. The van der Waals surface area contributed by atoms with Crippen molar-refractivity contribution in [3.8, 4) is 0 Å². The van der Waals surface area contributed by atoms with Crippen molar-refractivity contribution in [3.63, 3.8) is 0 Å². The second-order valence-electron chi connectivity index (χ2n) is 5.62. The molecule has 2 atom stereocenters. The topological polar surface area (TPSA) is 65.0 Å². The SMILES string of the molecule is CC1(C)OC[C@@H]([C@@](C)(O)COC(=O)c2ccccc2)O1. The number of hydrogen-bond donors (Lipinski definition) is 1. The van der Waals surface area contributed by atoms with Gasteiger partial charge in [-0.2, -0.15) is 0 Å². The van der Waals surface area contributed by atoms with Crippen molar-refractivity contribution < 1.29 is 24.1 Å². The maximum Gasteiger partial charge on any atom is 0.338 e. The van der Waals surface area contributed by atoms with Crippen LogP contribution in [0.1, 0.15) is 31.1 Å². The van der Waals surface area contributed by atoms with Crippen molar-refractivity contribution in [1.82, 2.24) is 0 Å². The first kappa shape index (κ1) is 15.0. The van der Waals surface area contributed by atoms with E-state index < -0.39 is 23.5 Å². The van der Waals surface area contributed by atoms with Crippen molar-refractivity contribution in [2.75, 3.05) is 13.2 Å². The van der Waals surface area contributed by atoms with Crippen LogP contribution in [0.5, 0.6) is 0 Å². The average molecular weight is 280 g/mol. The highest BCUT2D eigenvalue weighted by Gasteiger charge is 2.44. The van der Waals surface area contributed by atoms with Gasteiger partial charge in [-0.1, -0.05) is 18.2 Å². The monoisotopic (exact) mass is 280 g/mol. The van der Waals surface area contributed by atoms with Crippen LogP contribution < -0.4 is 0 Å². The van der Waals surface area contributed by atoms with Crippen LogP contribution in [-0.2, 0) is 14.2 Å². The fourth-order valence-electron chi connectivity index (χ4n) is 1.96. The molecule has 0 radical (unpaired) electrons. The first-order valence-electron chi connectivity index (χ1n) is 6.56. The Morgan fingerprint density at radius 3 is 2.65 bits per heavy atom. The summed E-state index contributed by atoms with van der Waals surface area (Å²) in [6.07, 6.45) is -0.527. The van der Waals surface area contributed by atoms with Gasteiger partial charge in [0.1, 0.15) is 18.3 Å². The van der Waals surface area contributed by atoms with E-state index in [2.05, 4.69) is 0 Å². The van der Waals surface area contributed by atoms with E-state index in [1.165, 1.54) is 0 Å². The van der Waals surface area contributed by atoms with Crippen LogP contribution in [0.4, 0.5) is 0 Å². The van der Waals surface area contributed by atoms with E-state index in [4.69, 9.17) is 14.2 Å². The lowest BCUT2D eigenvalue weighted by Gasteiger charge is -2.29. The number of hydrogen-bond acceptors (Lipinski definition) is 5. The molecule has 0 bridgehead atoms. The molecule has 0 spiro atoms. The summed E-state index contributed by atoms with van der Waals surface area (Å²) in [4.78, 5) is 11.8. The molecule has 0 aromatic heterocycles. The van der Waals surface area contributed by atoms with Gasteiger partial charge in [0.15, 0.2) is 5.79 Å². The van der Waals surface area contributed by atoms with Crippen LogP contribution in [-0.4, -0.2) is 41.8 Å². The number of aliphatic hydroxyl groups is 1. The zero-order chi connectivity index (χ0) is 14.8. The van der Waals surface area contributed by atoms with E-state index in [0.29, 0.717) is 5.56 Å². The van der Waals surface area contributed by atoms with Gasteiger partial charge in [0.25, 0.3) is 0 Å². The predicted molar refractivity (Wildman–Crippen MR) is 72.3 cm³/mol. The van der Waals surface area contributed by atoms with Crippen molar-refractivity contribution >= 4 is 5.97 Å². The molecule has 1 fully saturated rings. The molecule has 5 heteroatoms. The Bertz CT molecular complexity index is 466. The molecular weight excluding hydrogens is 260 g/mol. The molecule has 110 valence electrons. The van der Waals surface area contributed by atoms with E-state index >= 15 is 0 Å². The fraction of sp³-hybridized carbons (Fsp3) is 0.533. The minimum absolute atomic E-state index is 0.148. The average Bonchev–Trinajstić information content (AvgIpc) is 2.78. The Morgan fingerprint density at radius 1 is 1.45 bits per heavy atom. The highest BCUT2D eigenvalue weighted by molar-refractivity contribution is 5.89. The van der Waals surface area contributed by atoms with Crippen LogP contribution in [0.25, 0.3) is 0 Å². The highest BCUT2D eigenvalue weighted by Crippen LogP contribution is 2.29. The van der Waals surface area contributed by atoms with Gasteiger partial charge >= 0.3 is 5.97 Å². The van der Waals surface area contributed by atoms with Crippen LogP contribution >= 0.6 is 0 Å². The maximum atomic E-state index is 11.8. The normalized spacial score (nSPS) is 24.1. The number of carbonyl (C=O) groups excluding carboxylic acids is 1. The van der Waals surface area contributed by atoms with Gasteiger partial charge in [0.05, 0.1) is 12.2 Å². The number of carbonyl (C=O) groups is 1. The van der Waals surface area contributed by atoms with E-state index in [9.17, 15) is 9.90 Å². The van der Waals surface area contributed by atoms with E-state index in [-0.39, 0.29) is 13.2 Å². The number of benzene rings is 1. The van der Waals surface area contributed by atoms with Gasteiger partial charge < -0.3 is 19.3 Å². The second kappa shape index (κ2) is 5.52. The van der Waals surface area contributed by atoms with Gasteiger partial charge in [0.2, 0.25) is 0 Å². The number of rotatable bonds is 4. The van der Waals surface area contributed by atoms with E-state index in [1.54, 1.807) is 45.0 Å². The van der Waals surface area contributed by atoms with Crippen molar-refractivity contribution in [2.24, 2.45) is 0 Å². The lowest BCUT2D eigenvalue weighted by Crippen LogP contribution is -2.46. The second-order valence-corrected chi connectivity index (χ2v) is 5.62. The number of ether oxygens (including phenoxy) is 3. The Morgan fingerprint density at radius 2 is 2.10 bits per heavy atom. The Balaban J connectivity index is 1.91.